The summed E-state index contributed by atoms with van der Waals surface area (Å²) < 4.78 is 57.9. The summed E-state index contributed by atoms with van der Waals surface area (Å²) in [5.74, 6) is -1.22. The lowest BCUT2D eigenvalue weighted by Gasteiger charge is -2.08. The highest BCUT2D eigenvalue weighted by Crippen LogP contribution is 2.27. The van der Waals surface area contributed by atoms with E-state index in [4.69, 9.17) is 0 Å². The van der Waals surface area contributed by atoms with Gasteiger partial charge in [0.1, 0.15) is 6.29 Å². The second-order valence-electron chi connectivity index (χ2n) is 3.02. The third kappa shape index (κ3) is 2.60. The minimum absolute atomic E-state index is 0.0599. The van der Waals surface area contributed by atoms with E-state index in [1.165, 1.54) is 24.3 Å². The summed E-state index contributed by atoms with van der Waals surface area (Å²) in [4.78, 5) is 10.5. The molecule has 0 N–H and O–H groups in total. The molecule has 1 aromatic carbocycles. The highest BCUT2D eigenvalue weighted by Gasteiger charge is 2.45. The first-order valence-corrected chi connectivity index (χ1v) is 5.75. The number of rotatable bonds is 3. The Hall–Kier alpha value is -1.37. The molecule has 0 unspecified atom stereocenters. The topological polar surface area (TPSA) is 51.2 Å². The van der Waals surface area contributed by atoms with E-state index < -0.39 is 21.1 Å². The molecule has 0 aromatic heterocycles. The Morgan fingerprint density at radius 3 is 2.25 bits per heavy atom. The van der Waals surface area contributed by atoms with Crippen LogP contribution in [0.5, 0.6) is 0 Å². The van der Waals surface area contributed by atoms with Crippen LogP contribution in [-0.2, 0) is 15.6 Å². The van der Waals surface area contributed by atoms with Crippen molar-refractivity contribution < 1.29 is 26.4 Å². The summed E-state index contributed by atoms with van der Waals surface area (Å²) in [5.41, 5.74) is -5.52. The first-order chi connectivity index (χ1) is 7.28. The number of sulfone groups is 1. The number of hydrogen-bond donors (Lipinski definition) is 0. The Morgan fingerprint density at radius 2 is 1.75 bits per heavy atom. The van der Waals surface area contributed by atoms with E-state index >= 15 is 0 Å². The summed E-state index contributed by atoms with van der Waals surface area (Å²) >= 11 is 0. The highest BCUT2D eigenvalue weighted by molar-refractivity contribution is 7.91. The fourth-order valence-electron chi connectivity index (χ4n) is 1.07. The predicted molar refractivity (Wildman–Crippen MR) is 50.5 cm³/mol. The van der Waals surface area contributed by atoms with E-state index in [1.54, 1.807) is 0 Å². The monoisotopic (exact) mass is 252 g/mol. The standard InChI is InChI=1S/C9H7F3O3S/c10-9(11,12)16(14,15)6-8-4-2-1-3-7(8)5-13/h1-5H,6H2. The molecule has 0 aliphatic rings. The number of aldehydes is 1. The molecule has 88 valence electrons. The van der Waals surface area contributed by atoms with Crippen LogP contribution < -0.4 is 0 Å². The van der Waals surface area contributed by atoms with Crippen molar-refractivity contribution in [2.24, 2.45) is 0 Å². The number of carbonyl (C=O) groups excluding carboxylic acids is 1. The molecule has 1 aromatic rings. The van der Waals surface area contributed by atoms with E-state index in [1.807, 2.05) is 0 Å². The average Bonchev–Trinajstić information content (AvgIpc) is 2.16. The van der Waals surface area contributed by atoms with Gasteiger partial charge in [-0.2, -0.15) is 13.2 Å². The highest BCUT2D eigenvalue weighted by atomic mass is 32.2. The predicted octanol–water partition coefficient (Wildman–Crippen LogP) is 1.93. The Kier molecular flexibility index (Phi) is 3.37. The zero-order valence-corrected chi connectivity index (χ0v) is 8.68. The molecular formula is C9H7F3O3S. The van der Waals surface area contributed by atoms with Crippen molar-refractivity contribution in [2.45, 2.75) is 11.3 Å². The molecule has 0 fully saturated rings. The van der Waals surface area contributed by atoms with Crippen LogP contribution in [0, 0.1) is 0 Å². The van der Waals surface area contributed by atoms with Crippen molar-refractivity contribution in [3.05, 3.63) is 35.4 Å². The minimum atomic E-state index is -5.30. The Morgan fingerprint density at radius 1 is 1.19 bits per heavy atom. The summed E-state index contributed by atoms with van der Waals surface area (Å²) in [6, 6.07) is 5.24. The number of alkyl halides is 3. The smallest absolute Gasteiger partial charge is 0.298 e. The van der Waals surface area contributed by atoms with Crippen molar-refractivity contribution in [2.75, 3.05) is 0 Å². The fraction of sp³-hybridized carbons (Fsp3) is 0.222. The molecule has 0 atom stereocenters. The number of hydrogen-bond acceptors (Lipinski definition) is 3. The van der Waals surface area contributed by atoms with Crippen LogP contribution in [0.3, 0.4) is 0 Å². The van der Waals surface area contributed by atoms with E-state index in [-0.39, 0.29) is 11.1 Å². The van der Waals surface area contributed by atoms with Gasteiger partial charge in [-0.3, -0.25) is 4.79 Å². The van der Waals surface area contributed by atoms with Gasteiger partial charge in [-0.05, 0) is 5.56 Å². The first kappa shape index (κ1) is 12.7. The summed E-state index contributed by atoms with van der Waals surface area (Å²) in [6.07, 6.45) is 0.321. The summed E-state index contributed by atoms with van der Waals surface area (Å²) in [5, 5.41) is 0. The second kappa shape index (κ2) is 4.25. The molecule has 1 rings (SSSR count). The van der Waals surface area contributed by atoms with E-state index in [0.29, 0.717) is 6.29 Å². The van der Waals surface area contributed by atoms with Gasteiger partial charge in [-0.25, -0.2) is 8.42 Å². The Balaban J connectivity index is 3.11. The lowest BCUT2D eigenvalue weighted by molar-refractivity contribution is -0.0437. The maximum Gasteiger partial charge on any atom is 0.497 e. The lowest BCUT2D eigenvalue weighted by atomic mass is 10.1. The fourth-order valence-corrected chi connectivity index (χ4v) is 1.90. The van der Waals surface area contributed by atoms with E-state index in [0.717, 1.165) is 0 Å². The first-order valence-electron chi connectivity index (χ1n) is 4.10. The van der Waals surface area contributed by atoms with Gasteiger partial charge in [-0.1, -0.05) is 24.3 Å². The zero-order valence-electron chi connectivity index (χ0n) is 7.86. The molecule has 7 heteroatoms. The molecule has 3 nitrogen and oxygen atoms in total. The Labute approximate surface area is 89.8 Å². The number of halogens is 3. The molecule has 0 heterocycles. The quantitative estimate of drug-likeness (QED) is 0.772. The van der Waals surface area contributed by atoms with Gasteiger partial charge < -0.3 is 0 Å². The maximum atomic E-state index is 12.1. The van der Waals surface area contributed by atoms with E-state index in [9.17, 15) is 26.4 Å². The van der Waals surface area contributed by atoms with Crippen LogP contribution in [0.1, 0.15) is 15.9 Å². The largest absolute Gasteiger partial charge is 0.497 e. The zero-order chi connectivity index (χ0) is 12.4. The van der Waals surface area contributed by atoms with Crippen LogP contribution >= 0.6 is 0 Å². The van der Waals surface area contributed by atoms with Crippen LogP contribution in [0.25, 0.3) is 0 Å². The average molecular weight is 252 g/mol. The third-order valence-corrected chi connectivity index (χ3v) is 3.28. The van der Waals surface area contributed by atoms with Crippen LogP contribution in [0.15, 0.2) is 24.3 Å². The minimum Gasteiger partial charge on any atom is -0.298 e. The molecule has 0 saturated carbocycles. The van der Waals surface area contributed by atoms with Gasteiger partial charge in [0, 0.05) is 5.56 Å². The normalized spacial score (nSPS) is 12.4. The number of benzene rings is 1. The summed E-state index contributed by atoms with van der Waals surface area (Å²) in [6.45, 7) is 0. The molecule has 0 bridgehead atoms. The molecule has 0 radical (unpaired) electrons. The van der Waals surface area contributed by atoms with Crippen molar-refractivity contribution in [1.82, 2.24) is 0 Å². The van der Waals surface area contributed by atoms with Gasteiger partial charge in [0.05, 0.1) is 5.75 Å². The molecule has 0 spiro atoms. The van der Waals surface area contributed by atoms with Crippen molar-refractivity contribution in [3.63, 3.8) is 0 Å². The van der Waals surface area contributed by atoms with Gasteiger partial charge in [0.15, 0.2) is 0 Å². The second-order valence-corrected chi connectivity index (χ2v) is 5.00. The van der Waals surface area contributed by atoms with Gasteiger partial charge in [0.2, 0.25) is 0 Å². The lowest BCUT2D eigenvalue weighted by Crippen LogP contribution is -2.25. The molecule has 0 saturated heterocycles. The van der Waals surface area contributed by atoms with Crippen molar-refractivity contribution >= 4 is 16.1 Å². The van der Waals surface area contributed by atoms with Crippen molar-refractivity contribution in [3.8, 4) is 0 Å². The van der Waals surface area contributed by atoms with Crippen LogP contribution in [0.4, 0.5) is 13.2 Å². The summed E-state index contributed by atoms with van der Waals surface area (Å²) in [7, 11) is -5.24. The van der Waals surface area contributed by atoms with Crippen LogP contribution in [0.2, 0.25) is 0 Å². The molecule has 0 aliphatic heterocycles. The molecular weight excluding hydrogens is 245 g/mol. The van der Waals surface area contributed by atoms with Gasteiger partial charge in [-0.15, -0.1) is 0 Å². The van der Waals surface area contributed by atoms with Crippen molar-refractivity contribution in [1.29, 1.82) is 0 Å². The van der Waals surface area contributed by atoms with E-state index in [2.05, 4.69) is 0 Å². The SMILES string of the molecule is O=Cc1ccccc1CS(=O)(=O)C(F)(F)F. The Bertz CT molecular complexity index is 491. The maximum absolute atomic E-state index is 12.1. The third-order valence-electron chi connectivity index (χ3n) is 1.88. The van der Waals surface area contributed by atoms with Crippen LogP contribution in [-0.4, -0.2) is 20.2 Å². The van der Waals surface area contributed by atoms with Gasteiger partial charge >= 0.3 is 5.51 Å². The molecule has 16 heavy (non-hydrogen) atoms. The number of carbonyl (C=O) groups is 1. The van der Waals surface area contributed by atoms with Gasteiger partial charge in [0.25, 0.3) is 9.84 Å². The molecule has 0 amide bonds. The molecule has 0 aliphatic carbocycles.